The Labute approximate surface area is 238 Å². The van der Waals surface area contributed by atoms with Gasteiger partial charge in [0.05, 0.1) is 41.8 Å². The summed E-state index contributed by atoms with van der Waals surface area (Å²) in [5.74, 6) is -1.57. The van der Waals surface area contributed by atoms with E-state index in [-0.39, 0.29) is 35.4 Å². The van der Waals surface area contributed by atoms with Crippen molar-refractivity contribution in [1.82, 2.24) is 4.57 Å². The molecule has 1 aromatic heterocycles. The van der Waals surface area contributed by atoms with Crippen LogP contribution >= 0.6 is 23.1 Å². The van der Waals surface area contributed by atoms with E-state index < -0.39 is 29.4 Å². The molecule has 2 aliphatic heterocycles. The number of carbonyl (C=O) groups is 3. The zero-order chi connectivity index (χ0) is 28.6. The number of hydrogen-bond acceptors (Lipinski definition) is 9. The Bertz CT molecular complexity index is 1740. The van der Waals surface area contributed by atoms with Gasteiger partial charge in [-0.05, 0) is 50.8 Å². The third-order valence-corrected chi connectivity index (χ3v) is 8.46. The fourth-order valence-electron chi connectivity index (χ4n) is 4.94. The molecule has 0 saturated heterocycles. The van der Waals surface area contributed by atoms with Gasteiger partial charge >= 0.3 is 11.9 Å². The standard InChI is InChI=1S/C29H27N3O6S2/c1-5-37-21(33)15-31-20-10-8-7-9-19(20)23(26(31)34)25-27(35)32-24(17-11-13-18(39-4)14-12-17)22(28(36)38-6-2)16(3)30-29(32)40-25/h7-14,24H,5-6,15H2,1-4H3/b25-23+/t24-/m0/s1. The molecule has 0 saturated carbocycles. The van der Waals surface area contributed by atoms with E-state index in [1.165, 1.54) is 9.47 Å². The summed E-state index contributed by atoms with van der Waals surface area (Å²) in [6, 6.07) is 13.9. The second kappa shape index (κ2) is 11.3. The molecule has 0 spiro atoms. The van der Waals surface area contributed by atoms with Crippen molar-refractivity contribution >= 4 is 52.2 Å². The monoisotopic (exact) mass is 577 g/mol. The number of carbonyl (C=O) groups excluding carboxylic acids is 3. The third kappa shape index (κ3) is 4.69. The SMILES string of the molecule is CCOC(=O)CN1C(=O)/C(=c2/sc3n(c2=O)[C@@H](c2ccc(SC)cc2)C(C(=O)OCC)=C(C)N=3)c2ccccc21. The summed E-state index contributed by atoms with van der Waals surface area (Å²) >= 11 is 2.67. The van der Waals surface area contributed by atoms with Gasteiger partial charge in [0.2, 0.25) is 0 Å². The molecule has 0 N–H and O–H groups in total. The average molecular weight is 578 g/mol. The van der Waals surface area contributed by atoms with E-state index in [0.29, 0.717) is 21.7 Å². The maximum atomic E-state index is 14.2. The van der Waals surface area contributed by atoms with Gasteiger partial charge in [0, 0.05) is 10.5 Å². The first-order valence-electron chi connectivity index (χ1n) is 12.7. The van der Waals surface area contributed by atoms with Crippen molar-refractivity contribution in [2.24, 2.45) is 4.99 Å². The second-order valence-corrected chi connectivity index (χ2v) is 10.8. The number of amides is 1. The van der Waals surface area contributed by atoms with Crippen LogP contribution in [0.5, 0.6) is 0 Å². The van der Waals surface area contributed by atoms with Gasteiger partial charge in [-0.1, -0.05) is 41.7 Å². The molecule has 0 bridgehead atoms. The number of rotatable bonds is 7. The van der Waals surface area contributed by atoms with E-state index in [4.69, 9.17) is 9.47 Å². The van der Waals surface area contributed by atoms with E-state index >= 15 is 0 Å². The number of hydrogen-bond donors (Lipinski definition) is 0. The fourth-order valence-corrected chi connectivity index (χ4v) is 6.48. The third-order valence-electron chi connectivity index (χ3n) is 6.67. The van der Waals surface area contributed by atoms with Crippen LogP contribution in [0.4, 0.5) is 5.69 Å². The molecule has 3 heterocycles. The predicted octanol–water partition coefficient (Wildman–Crippen LogP) is 2.80. The lowest BCUT2D eigenvalue weighted by atomic mass is 9.96. The number of allylic oxidation sites excluding steroid dienone is 1. The average Bonchev–Trinajstić information content (AvgIpc) is 3.40. The number of thiazole rings is 1. The highest BCUT2D eigenvalue weighted by atomic mass is 32.2. The molecule has 5 rings (SSSR count). The van der Waals surface area contributed by atoms with Crippen molar-refractivity contribution in [3.63, 3.8) is 0 Å². The largest absolute Gasteiger partial charge is 0.465 e. The highest BCUT2D eigenvalue weighted by molar-refractivity contribution is 7.98. The highest BCUT2D eigenvalue weighted by Crippen LogP contribution is 2.36. The predicted molar refractivity (Wildman–Crippen MR) is 153 cm³/mol. The van der Waals surface area contributed by atoms with Crippen LogP contribution in [0, 0.1) is 0 Å². The molecule has 11 heteroatoms. The molecule has 0 unspecified atom stereocenters. The summed E-state index contributed by atoms with van der Waals surface area (Å²) in [7, 11) is 0. The number of anilines is 1. The van der Waals surface area contributed by atoms with Crippen LogP contribution in [0.1, 0.15) is 37.9 Å². The maximum Gasteiger partial charge on any atom is 0.338 e. The molecule has 0 aliphatic carbocycles. The van der Waals surface area contributed by atoms with Crippen molar-refractivity contribution in [3.05, 3.63) is 90.6 Å². The highest BCUT2D eigenvalue weighted by Gasteiger charge is 2.38. The number of benzene rings is 2. The molecule has 40 heavy (non-hydrogen) atoms. The zero-order valence-corrected chi connectivity index (χ0v) is 24.1. The van der Waals surface area contributed by atoms with E-state index in [0.717, 1.165) is 21.8 Å². The van der Waals surface area contributed by atoms with Crippen LogP contribution in [0.25, 0.3) is 5.57 Å². The number of thioether (sulfide) groups is 1. The number of ether oxygens (including phenoxy) is 2. The minimum atomic E-state index is -0.789. The van der Waals surface area contributed by atoms with Gasteiger partial charge in [-0.3, -0.25) is 23.9 Å². The first kappa shape index (κ1) is 27.6. The Kier molecular flexibility index (Phi) is 7.77. The van der Waals surface area contributed by atoms with Crippen molar-refractivity contribution in [3.8, 4) is 0 Å². The summed E-state index contributed by atoms with van der Waals surface area (Å²) in [5, 5.41) is 0. The summed E-state index contributed by atoms with van der Waals surface area (Å²) < 4.78 is 12.1. The van der Waals surface area contributed by atoms with Crippen molar-refractivity contribution in [1.29, 1.82) is 0 Å². The van der Waals surface area contributed by atoms with E-state index in [9.17, 15) is 19.2 Å². The van der Waals surface area contributed by atoms with Crippen molar-refractivity contribution in [2.75, 3.05) is 30.9 Å². The number of nitrogens with zero attached hydrogens (tertiary/aromatic N) is 3. The smallest absolute Gasteiger partial charge is 0.338 e. The lowest BCUT2D eigenvalue weighted by molar-refractivity contribution is -0.142. The van der Waals surface area contributed by atoms with Gasteiger partial charge in [-0.2, -0.15) is 0 Å². The van der Waals surface area contributed by atoms with Gasteiger partial charge in [0.25, 0.3) is 11.5 Å². The van der Waals surface area contributed by atoms with Crippen molar-refractivity contribution in [2.45, 2.75) is 31.7 Å². The van der Waals surface area contributed by atoms with Gasteiger partial charge < -0.3 is 9.47 Å². The number of fused-ring (bicyclic) bond motifs is 2. The van der Waals surface area contributed by atoms with Crippen LogP contribution in [-0.4, -0.2) is 48.4 Å². The number of esters is 2. The molecule has 9 nitrogen and oxygen atoms in total. The maximum absolute atomic E-state index is 14.2. The number of para-hydroxylation sites is 1. The molecule has 1 amide bonds. The Balaban J connectivity index is 1.75. The Hall–Kier alpha value is -3.96. The van der Waals surface area contributed by atoms with Crippen LogP contribution < -0.4 is 19.8 Å². The molecule has 0 radical (unpaired) electrons. The Morgan fingerprint density at radius 3 is 2.40 bits per heavy atom. The summed E-state index contributed by atoms with van der Waals surface area (Å²) in [4.78, 5) is 60.7. The quantitative estimate of drug-likeness (QED) is 0.314. The molecule has 1 atom stereocenters. The summed E-state index contributed by atoms with van der Waals surface area (Å²) in [6.45, 7) is 5.22. The summed E-state index contributed by atoms with van der Waals surface area (Å²) in [6.07, 6.45) is 1.97. The van der Waals surface area contributed by atoms with E-state index in [1.54, 1.807) is 56.8 Å². The first-order chi connectivity index (χ1) is 19.3. The molecular weight excluding hydrogens is 550 g/mol. The Morgan fingerprint density at radius 1 is 1.02 bits per heavy atom. The molecule has 2 aliphatic rings. The van der Waals surface area contributed by atoms with E-state index in [1.807, 2.05) is 30.5 Å². The van der Waals surface area contributed by atoms with Gasteiger partial charge in [-0.15, -0.1) is 11.8 Å². The topological polar surface area (TPSA) is 107 Å². The lowest BCUT2D eigenvalue weighted by Crippen LogP contribution is -2.41. The van der Waals surface area contributed by atoms with Crippen LogP contribution in [-0.2, 0) is 23.9 Å². The van der Waals surface area contributed by atoms with E-state index in [2.05, 4.69) is 4.99 Å². The lowest BCUT2D eigenvalue weighted by Gasteiger charge is -2.24. The van der Waals surface area contributed by atoms with Gasteiger partial charge in [0.15, 0.2) is 4.80 Å². The van der Waals surface area contributed by atoms with Gasteiger partial charge in [0.1, 0.15) is 11.1 Å². The number of aromatic nitrogens is 1. The molecular formula is C29H27N3O6S2. The second-order valence-electron chi connectivity index (χ2n) is 8.98. The summed E-state index contributed by atoms with van der Waals surface area (Å²) in [5.41, 5.74) is 2.24. The fraction of sp³-hybridized carbons (Fsp3) is 0.276. The van der Waals surface area contributed by atoms with Crippen molar-refractivity contribution < 1.29 is 23.9 Å². The Morgan fingerprint density at radius 2 is 1.73 bits per heavy atom. The molecule has 2 aromatic carbocycles. The minimum Gasteiger partial charge on any atom is -0.465 e. The molecule has 206 valence electrons. The molecule has 3 aromatic rings. The molecule has 0 fully saturated rings. The van der Waals surface area contributed by atoms with Crippen LogP contribution in [0.2, 0.25) is 0 Å². The van der Waals surface area contributed by atoms with Crippen LogP contribution in [0.3, 0.4) is 0 Å². The van der Waals surface area contributed by atoms with Crippen LogP contribution in [0.15, 0.2) is 74.5 Å². The van der Waals surface area contributed by atoms with Gasteiger partial charge in [-0.25, -0.2) is 9.79 Å². The first-order valence-corrected chi connectivity index (χ1v) is 14.8. The zero-order valence-electron chi connectivity index (χ0n) is 22.4. The minimum absolute atomic E-state index is 0.171. The normalized spacial score (nSPS) is 17.4.